The maximum atomic E-state index is 10.9. The molecule has 2 aromatic carbocycles. The van der Waals surface area contributed by atoms with E-state index in [0.717, 1.165) is 23.1 Å². The molecule has 0 unspecified atom stereocenters. The van der Waals surface area contributed by atoms with Gasteiger partial charge in [0.15, 0.2) is 0 Å². The lowest BCUT2D eigenvalue weighted by molar-refractivity contribution is -0.138. The molecule has 3 rings (SSSR count). The van der Waals surface area contributed by atoms with Crippen molar-refractivity contribution < 1.29 is 9.90 Å². The lowest BCUT2D eigenvalue weighted by Gasteiger charge is -1.98. The molecule has 0 bridgehead atoms. The summed E-state index contributed by atoms with van der Waals surface area (Å²) in [7, 11) is 0. The maximum absolute atomic E-state index is 10.9. The molecule has 0 amide bonds. The summed E-state index contributed by atoms with van der Waals surface area (Å²) in [6, 6.07) is 16.0. The van der Waals surface area contributed by atoms with Crippen LogP contribution in [-0.2, 0) is 4.79 Å². The van der Waals surface area contributed by atoms with Crippen LogP contribution < -0.4 is 0 Å². The molecule has 0 heterocycles. The topological polar surface area (TPSA) is 37.3 Å². The van der Waals surface area contributed by atoms with Gasteiger partial charge in [-0.2, -0.15) is 0 Å². The normalized spacial score (nSPS) is 19.5. The van der Waals surface area contributed by atoms with Gasteiger partial charge in [0.05, 0.1) is 5.92 Å². The van der Waals surface area contributed by atoms with Gasteiger partial charge in [0.25, 0.3) is 0 Å². The van der Waals surface area contributed by atoms with Gasteiger partial charge in [-0.25, -0.2) is 0 Å². The van der Waals surface area contributed by atoms with E-state index in [1.165, 1.54) is 5.56 Å². The molecule has 0 aliphatic heterocycles. The minimum atomic E-state index is -0.691. The predicted octanol–water partition coefficient (Wildman–Crippen LogP) is 3.58. The number of benzene rings is 2. The highest BCUT2D eigenvalue weighted by Gasteiger charge is 2.43. The summed E-state index contributed by atoms with van der Waals surface area (Å²) in [5.41, 5.74) is 4.26. The van der Waals surface area contributed by atoms with Gasteiger partial charge in [-0.05, 0) is 54.7 Å². The van der Waals surface area contributed by atoms with E-state index in [0.29, 0.717) is 0 Å². The molecule has 21 heavy (non-hydrogen) atoms. The van der Waals surface area contributed by atoms with Gasteiger partial charge < -0.3 is 5.11 Å². The van der Waals surface area contributed by atoms with Gasteiger partial charge >= 0.3 is 5.97 Å². The molecule has 0 radical (unpaired) electrons. The van der Waals surface area contributed by atoms with Gasteiger partial charge in [0, 0.05) is 11.1 Å². The van der Waals surface area contributed by atoms with E-state index in [2.05, 4.69) is 30.9 Å². The van der Waals surface area contributed by atoms with Crippen LogP contribution in [0.1, 0.15) is 34.6 Å². The quantitative estimate of drug-likeness (QED) is 0.851. The van der Waals surface area contributed by atoms with Gasteiger partial charge in [-0.15, -0.1) is 0 Å². The van der Waals surface area contributed by atoms with Crippen LogP contribution in [0, 0.1) is 24.7 Å². The summed E-state index contributed by atoms with van der Waals surface area (Å²) in [4.78, 5) is 10.9. The van der Waals surface area contributed by atoms with E-state index in [-0.39, 0.29) is 11.8 Å². The van der Waals surface area contributed by atoms with E-state index in [1.54, 1.807) is 0 Å². The summed E-state index contributed by atoms with van der Waals surface area (Å²) >= 11 is 0. The summed E-state index contributed by atoms with van der Waals surface area (Å²) in [6.45, 7) is 2.05. The Hall–Kier alpha value is -2.53. The van der Waals surface area contributed by atoms with E-state index < -0.39 is 5.97 Å². The number of carboxylic acids is 1. The molecule has 1 N–H and O–H groups in total. The van der Waals surface area contributed by atoms with Crippen molar-refractivity contribution in [1.82, 2.24) is 0 Å². The molecule has 104 valence electrons. The molecule has 2 atom stereocenters. The third kappa shape index (κ3) is 3.14. The molecular formula is C19H16O2. The molecule has 1 aliphatic carbocycles. The highest BCUT2D eigenvalue weighted by atomic mass is 16.4. The Balaban J connectivity index is 1.73. The van der Waals surface area contributed by atoms with Gasteiger partial charge in [0.1, 0.15) is 0 Å². The van der Waals surface area contributed by atoms with E-state index in [9.17, 15) is 4.79 Å². The van der Waals surface area contributed by atoms with Crippen molar-refractivity contribution in [3.8, 4) is 11.8 Å². The summed E-state index contributed by atoms with van der Waals surface area (Å²) in [5, 5.41) is 8.95. The number of rotatable bonds is 2. The van der Waals surface area contributed by atoms with Crippen molar-refractivity contribution in [2.24, 2.45) is 5.92 Å². The fourth-order valence-corrected chi connectivity index (χ4v) is 2.52. The SMILES string of the molecule is Cc1cccc(C#Cc2ccc([C@H]3C[C@@H]3C(=O)O)cc2)c1. The van der Waals surface area contributed by atoms with Crippen molar-refractivity contribution in [2.75, 3.05) is 0 Å². The average molecular weight is 276 g/mol. The number of hydrogen-bond acceptors (Lipinski definition) is 1. The molecule has 0 spiro atoms. The Morgan fingerprint density at radius 2 is 1.81 bits per heavy atom. The smallest absolute Gasteiger partial charge is 0.307 e. The van der Waals surface area contributed by atoms with Crippen LogP contribution in [-0.4, -0.2) is 11.1 Å². The van der Waals surface area contributed by atoms with Crippen molar-refractivity contribution in [3.05, 3.63) is 70.8 Å². The van der Waals surface area contributed by atoms with Crippen LogP contribution in [0.3, 0.4) is 0 Å². The Kier molecular flexibility index (Phi) is 3.50. The van der Waals surface area contributed by atoms with Gasteiger partial charge in [-0.1, -0.05) is 36.1 Å². The van der Waals surface area contributed by atoms with Gasteiger partial charge in [-0.3, -0.25) is 4.79 Å². The zero-order chi connectivity index (χ0) is 14.8. The number of aliphatic carboxylic acids is 1. The van der Waals surface area contributed by atoms with Crippen molar-refractivity contribution in [3.63, 3.8) is 0 Å². The number of aryl methyl sites for hydroxylation is 1. The Morgan fingerprint density at radius 1 is 1.10 bits per heavy atom. The molecule has 0 saturated heterocycles. The lowest BCUT2D eigenvalue weighted by atomic mass is 10.1. The molecule has 2 nitrogen and oxygen atoms in total. The number of carbonyl (C=O) groups is 1. The first-order chi connectivity index (χ1) is 10.1. The minimum absolute atomic E-state index is 0.182. The second-order valence-electron chi connectivity index (χ2n) is 5.53. The van der Waals surface area contributed by atoms with E-state index >= 15 is 0 Å². The minimum Gasteiger partial charge on any atom is -0.481 e. The Bertz CT molecular complexity index is 732. The van der Waals surface area contributed by atoms with E-state index in [1.807, 2.05) is 36.4 Å². The van der Waals surface area contributed by atoms with Crippen molar-refractivity contribution in [2.45, 2.75) is 19.3 Å². The molecule has 2 heteroatoms. The van der Waals surface area contributed by atoms with Crippen LogP contribution in [0.5, 0.6) is 0 Å². The molecule has 0 aromatic heterocycles. The zero-order valence-electron chi connectivity index (χ0n) is 11.8. The van der Waals surface area contributed by atoms with Crippen molar-refractivity contribution in [1.29, 1.82) is 0 Å². The average Bonchev–Trinajstić information content (AvgIpc) is 3.26. The van der Waals surface area contributed by atoms with Crippen LogP contribution in [0.25, 0.3) is 0 Å². The van der Waals surface area contributed by atoms with Crippen LogP contribution in [0.2, 0.25) is 0 Å². The lowest BCUT2D eigenvalue weighted by Crippen LogP contribution is -1.98. The monoisotopic (exact) mass is 276 g/mol. The molecule has 1 aliphatic rings. The molecule has 1 fully saturated rings. The van der Waals surface area contributed by atoms with Crippen molar-refractivity contribution >= 4 is 5.97 Å². The number of hydrogen-bond donors (Lipinski definition) is 1. The van der Waals surface area contributed by atoms with E-state index in [4.69, 9.17) is 5.11 Å². The molecule has 1 saturated carbocycles. The first-order valence-electron chi connectivity index (χ1n) is 7.05. The summed E-state index contributed by atoms with van der Waals surface area (Å²) in [5.74, 6) is 5.58. The summed E-state index contributed by atoms with van der Waals surface area (Å²) in [6.07, 6.45) is 0.754. The van der Waals surface area contributed by atoms with Crippen LogP contribution >= 0.6 is 0 Å². The first-order valence-corrected chi connectivity index (χ1v) is 7.05. The third-order valence-electron chi connectivity index (χ3n) is 3.82. The fraction of sp³-hybridized carbons (Fsp3) is 0.211. The second-order valence-corrected chi connectivity index (χ2v) is 5.53. The number of carboxylic acid groups (broad SMARTS) is 1. The molecule has 2 aromatic rings. The highest BCUT2D eigenvalue weighted by molar-refractivity contribution is 5.75. The van der Waals surface area contributed by atoms with Crippen LogP contribution in [0.15, 0.2) is 48.5 Å². The standard InChI is InChI=1S/C19H16O2/c1-13-3-2-4-15(11-13)6-5-14-7-9-16(10-8-14)17-12-18(17)19(20)21/h2-4,7-11,17-18H,12H2,1H3,(H,20,21)/t17-,18+/m1/s1. The predicted molar refractivity (Wildman–Crippen MR) is 82.1 cm³/mol. The molecular weight excluding hydrogens is 260 g/mol. The Morgan fingerprint density at radius 3 is 2.43 bits per heavy atom. The third-order valence-corrected chi connectivity index (χ3v) is 3.82. The maximum Gasteiger partial charge on any atom is 0.307 e. The zero-order valence-corrected chi connectivity index (χ0v) is 11.8. The fourth-order valence-electron chi connectivity index (χ4n) is 2.52. The van der Waals surface area contributed by atoms with Gasteiger partial charge in [0.2, 0.25) is 0 Å². The highest BCUT2D eigenvalue weighted by Crippen LogP contribution is 2.47. The second kappa shape index (κ2) is 5.46. The van der Waals surface area contributed by atoms with Crippen LogP contribution in [0.4, 0.5) is 0 Å². The first kappa shape index (κ1) is 13.5. The Labute approximate surface area is 124 Å². The summed E-state index contributed by atoms with van der Waals surface area (Å²) < 4.78 is 0. The largest absolute Gasteiger partial charge is 0.481 e.